The van der Waals surface area contributed by atoms with E-state index < -0.39 is 50.8 Å². The molecule has 0 spiro atoms. The van der Waals surface area contributed by atoms with E-state index in [4.69, 9.17) is 15.2 Å². The van der Waals surface area contributed by atoms with Crippen LogP contribution in [0, 0.1) is 11.6 Å². The minimum absolute atomic E-state index is 0.00693. The number of nitrogens with two attached hydrogens (primary N) is 1. The molecule has 4 N–H and O–H groups in total. The van der Waals surface area contributed by atoms with E-state index in [1.165, 1.54) is 43.5 Å². The summed E-state index contributed by atoms with van der Waals surface area (Å²) in [6, 6.07) is 10.8. The smallest absolute Gasteiger partial charge is 0.411 e. The zero-order valence-electron chi connectivity index (χ0n) is 26.2. The molecule has 11 nitrogen and oxygen atoms in total. The summed E-state index contributed by atoms with van der Waals surface area (Å²) in [4.78, 5) is 32.2. The number of nitrogens with one attached hydrogen (secondary N) is 2. The van der Waals surface area contributed by atoms with Crippen molar-refractivity contribution in [2.45, 2.75) is 48.9 Å². The lowest BCUT2D eigenvalue weighted by Crippen LogP contribution is -2.38. The average molecular weight is 668 g/mol. The first-order valence-electron chi connectivity index (χ1n) is 14.8. The molecule has 0 unspecified atom stereocenters. The fourth-order valence-corrected chi connectivity index (χ4v) is 7.03. The van der Waals surface area contributed by atoms with Crippen LogP contribution in [0.4, 0.5) is 30.8 Å². The number of carbonyl (C=O) groups excluding carboxylic acids is 2. The van der Waals surface area contributed by atoms with Crippen molar-refractivity contribution in [1.82, 2.24) is 9.88 Å². The van der Waals surface area contributed by atoms with E-state index in [0.717, 1.165) is 6.07 Å². The second-order valence-corrected chi connectivity index (χ2v) is 13.8. The molecule has 1 aromatic heterocycles. The number of likely N-dealkylation sites (tertiary alicyclic amines) is 1. The van der Waals surface area contributed by atoms with Crippen LogP contribution in [0.25, 0.3) is 10.8 Å². The number of ether oxygens (including phenoxy) is 2. The molecule has 4 aromatic rings. The topological polar surface area (TPSA) is 153 Å². The van der Waals surface area contributed by atoms with Crippen molar-refractivity contribution < 1.29 is 36.3 Å². The quantitative estimate of drug-likeness (QED) is 0.196. The summed E-state index contributed by atoms with van der Waals surface area (Å²) >= 11 is 0. The second kappa shape index (κ2) is 13.4. The van der Waals surface area contributed by atoms with Crippen LogP contribution < -0.4 is 21.1 Å². The first-order valence-corrected chi connectivity index (χ1v) is 16.4. The number of sulfone groups is 1. The van der Waals surface area contributed by atoms with Gasteiger partial charge in [0.25, 0.3) is 0 Å². The highest BCUT2D eigenvalue weighted by atomic mass is 32.2. The lowest BCUT2D eigenvalue weighted by molar-refractivity contribution is -0.133. The highest BCUT2D eigenvalue weighted by Gasteiger charge is 2.39. The molecule has 0 radical (unpaired) electrons. The standard InChI is InChI=1S/C33H35F2N5O6S/c1-18(2)47(43,44)29-10-8-21(39-33(42)46-4)15-24(29)27-6-5-13-40(27)32(41)30(23-16-28(45-3)26(35)17-25(23)34)38-20-7-9-22-19(14-20)11-12-37-31(22)36/h7-12,14-18,27,30,38H,5-6,13H2,1-4H3,(H2,36,37)(H,39,42)/t27-,30-/m1/s1. The molecule has 2 heterocycles. The number of pyridine rings is 1. The molecule has 2 amide bonds. The maximum atomic E-state index is 15.5. The predicted molar refractivity (Wildman–Crippen MR) is 174 cm³/mol. The summed E-state index contributed by atoms with van der Waals surface area (Å²) < 4.78 is 66.9. The van der Waals surface area contributed by atoms with Crippen molar-refractivity contribution in [1.29, 1.82) is 0 Å². The van der Waals surface area contributed by atoms with Gasteiger partial charge < -0.3 is 25.4 Å². The normalized spacial score (nSPS) is 15.5. The van der Waals surface area contributed by atoms with Crippen LogP contribution in [0.3, 0.4) is 0 Å². The van der Waals surface area contributed by atoms with Crippen molar-refractivity contribution in [3.63, 3.8) is 0 Å². The zero-order valence-corrected chi connectivity index (χ0v) is 27.0. The lowest BCUT2D eigenvalue weighted by atomic mass is 10.00. The van der Waals surface area contributed by atoms with Crippen LogP contribution in [-0.4, -0.2) is 56.3 Å². The van der Waals surface area contributed by atoms with Crippen LogP contribution in [0.15, 0.2) is 65.7 Å². The van der Waals surface area contributed by atoms with Crippen LogP contribution in [0.2, 0.25) is 0 Å². The van der Waals surface area contributed by atoms with Crippen molar-refractivity contribution in [2.24, 2.45) is 0 Å². The monoisotopic (exact) mass is 667 g/mol. The van der Waals surface area contributed by atoms with Crippen LogP contribution in [0.5, 0.6) is 5.75 Å². The van der Waals surface area contributed by atoms with Crippen molar-refractivity contribution in [3.05, 3.63) is 83.6 Å². The summed E-state index contributed by atoms with van der Waals surface area (Å²) in [7, 11) is -1.41. The van der Waals surface area contributed by atoms with Gasteiger partial charge in [-0.2, -0.15) is 0 Å². The van der Waals surface area contributed by atoms with E-state index in [9.17, 15) is 22.4 Å². The van der Waals surface area contributed by atoms with Gasteiger partial charge in [0, 0.05) is 41.1 Å². The van der Waals surface area contributed by atoms with Gasteiger partial charge in [0.2, 0.25) is 5.91 Å². The molecule has 1 aliphatic heterocycles. The third kappa shape index (κ3) is 6.64. The van der Waals surface area contributed by atoms with Gasteiger partial charge in [0.1, 0.15) is 17.7 Å². The Morgan fingerprint density at radius 2 is 1.77 bits per heavy atom. The average Bonchev–Trinajstić information content (AvgIpc) is 3.53. The Balaban J connectivity index is 1.62. The van der Waals surface area contributed by atoms with E-state index in [1.54, 1.807) is 38.1 Å². The van der Waals surface area contributed by atoms with Crippen LogP contribution >= 0.6 is 0 Å². The number of fused-ring (bicyclic) bond motifs is 1. The van der Waals surface area contributed by atoms with Crippen molar-refractivity contribution in [2.75, 3.05) is 37.1 Å². The number of rotatable bonds is 9. The van der Waals surface area contributed by atoms with Gasteiger partial charge in [-0.05, 0) is 86.2 Å². The number of hydrogen-bond donors (Lipinski definition) is 3. The molecule has 0 saturated carbocycles. The number of aromatic nitrogens is 1. The highest BCUT2D eigenvalue weighted by molar-refractivity contribution is 7.92. The molecule has 14 heteroatoms. The number of hydrogen-bond acceptors (Lipinski definition) is 9. The third-order valence-corrected chi connectivity index (χ3v) is 10.4. The lowest BCUT2D eigenvalue weighted by Gasteiger charge is -2.32. The molecule has 3 aromatic carbocycles. The van der Waals surface area contributed by atoms with E-state index >= 15 is 4.39 Å². The predicted octanol–water partition coefficient (Wildman–Crippen LogP) is 5.98. The molecule has 0 bridgehead atoms. The summed E-state index contributed by atoms with van der Waals surface area (Å²) in [6.45, 7) is 3.32. The van der Waals surface area contributed by atoms with Gasteiger partial charge in [-0.3, -0.25) is 10.1 Å². The minimum atomic E-state index is -3.84. The van der Waals surface area contributed by atoms with Crippen molar-refractivity contribution in [3.8, 4) is 5.75 Å². The summed E-state index contributed by atoms with van der Waals surface area (Å²) in [5.74, 6) is -2.46. The molecule has 0 aliphatic carbocycles. The number of halogens is 2. The van der Waals surface area contributed by atoms with Gasteiger partial charge in [-0.1, -0.05) is 0 Å². The first kappa shape index (κ1) is 33.4. The van der Waals surface area contributed by atoms with Crippen LogP contribution in [-0.2, 0) is 19.4 Å². The Morgan fingerprint density at radius 1 is 1.02 bits per heavy atom. The third-order valence-electron chi connectivity index (χ3n) is 8.20. The van der Waals surface area contributed by atoms with Gasteiger partial charge in [0.05, 0.1) is 30.4 Å². The molecule has 1 saturated heterocycles. The number of anilines is 3. The second-order valence-electron chi connectivity index (χ2n) is 11.4. The molecule has 1 aliphatic rings. The number of carbonyl (C=O) groups is 2. The van der Waals surface area contributed by atoms with E-state index in [-0.39, 0.29) is 28.4 Å². The molecular formula is C33H35F2N5O6S. The molecule has 248 valence electrons. The Morgan fingerprint density at radius 3 is 2.47 bits per heavy atom. The van der Waals surface area contributed by atoms with E-state index in [2.05, 4.69) is 15.6 Å². The molecule has 2 atom stereocenters. The fraction of sp³-hybridized carbons (Fsp3) is 0.303. The number of benzene rings is 3. The van der Waals surface area contributed by atoms with Gasteiger partial charge in [0.15, 0.2) is 21.4 Å². The SMILES string of the molecule is COC(=O)Nc1ccc(S(=O)(=O)C(C)C)c([C@H]2CCCN2C(=O)[C@H](Nc2ccc3c(N)nccc3c2)c2cc(OC)c(F)cc2F)c1. The highest BCUT2D eigenvalue weighted by Crippen LogP contribution is 2.41. The molecule has 5 rings (SSSR count). The minimum Gasteiger partial charge on any atom is -0.494 e. The Bertz CT molecular complexity index is 1960. The van der Waals surface area contributed by atoms with E-state index in [0.29, 0.717) is 46.7 Å². The number of nitrogen functional groups attached to an aromatic ring is 1. The maximum Gasteiger partial charge on any atom is 0.411 e. The summed E-state index contributed by atoms with van der Waals surface area (Å²) in [5.41, 5.74) is 6.83. The molecule has 47 heavy (non-hydrogen) atoms. The molecule has 1 fully saturated rings. The Labute approximate surface area is 271 Å². The summed E-state index contributed by atoms with van der Waals surface area (Å²) in [6.07, 6.45) is 1.68. The van der Waals surface area contributed by atoms with Crippen molar-refractivity contribution >= 4 is 49.8 Å². The number of nitrogens with zero attached hydrogens (tertiary/aromatic N) is 2. The fourth-order valence-electron chi connectivity index (χ4n) is 5.74. The number of methoxy groups -OCH3 is 2. The number of amides is 2. The molecular weight excluding hydrogens is 632 g/mol. The Hall–Kier alpha value is -4.98. The van der Waals surface area contributed by atoms with Gasteiger partial charge >= 0.3 is 6.09 Å². The van der Waals surface area contributed by atoms with Crippen LogP contribution in [0.1, 0.15) is 49.9 Å². The Kier molecular flexibility index (Phi) is 9.52. The zero-order chi connectivity index (χ0) is 34.0. The van der Waals surface area contributed by atoms with Gasteiger partial charge in [-0.15, -0.1) is 0 Å². The summed E-state index contributed by atoms with van der Waals surface area (Å²) in [5, 5.41) is 6.27. The maximum absolute atomic E-state index is 15.5. The van der Waals surface area contributed by atoms with Gasteiger partial charge in [-0.25, -0.2) is 27.0 Å². The first-order chi connectivity index (χ1) is 22.3. The van der Waals surface area contributed by atoms with E-state index in [1.807, 2.05) is 0 Å². The largest absolute Gasteiger partial charge is 0.494 e.